The number of carbonyl (C=O) groups is 2. The molecule has 136 valence electrons. The maximum absolute atomic E-state index is 12.6. The van der Waals surface area contributed by atoms with E-state index in [9.17, 15) is 9.59 Å². The first kappa shape index (κ1) is 16.2. The lowest BCUT2D eigenvalue weighted by atomic mass is 9.56. The third-order valence-electron chi connectivity index (χ3n) is 7.06. The Hall–Kier alpha value is -1.94. The molecule has 4 aliphatic carbocycles. The average molecular weight is 352 g/mol. The largest absolute Gasteiger partial charge is 0.491 e. The van der Waals surface area contributed by atoms with Crippen LogP contribution in [0.2, 0.25) is 0 Å². The quantitative estimate of drug-likeness (QED) is 0.575. The van der Waals surface area contributed by atoms with Crippen molar-refractivity contribution in [3.63, 3.8) is 0 Å². The van der Waals surface area contributed by atoms with Crippen LogP contribution in [0.5, 0.6) is 0 Å². The zero-order chi connectivity index (χ0) is 18.1. The highest BCUT2D eigenvalue weighted by molar-refractivity contribution is 6.01. The summed E-state index contributed by atoms with van der Waals surface area (Å²) in [4.78, 5) is 24.4. The van der Waals surface area contributed by atoms with Crippen molar-refractivity contribution in [2.75, 3.05) is 6.61 Å². The fraction of sp³-hybridized carbons (Fsp3) is 0.545. The lowest BCUT2D eigenvalue weighted by Gasteiger charge is -2.45. The number of allylic oxidation sites excluding steroid dienone is 4. The van der Waals surface area contributed by atoms with E-state index < -0.39 is 0 Å². The van der Waals surface area contributed by atoms with Gasteiger partial charge in [0.2, 0.25) is 0 Å². The number of hydrogen-bond acceptors (Lipinski definition) is 4. The molecule has 0 radical (unpaired) electrons. The molecular weight excluding hydrogens is 328 g/mol. The van der Waals surface area contributed by atoms with E-state index in [0.717, 1.165) is 31.3 Å². The van der Waals surface area contributed by atoms with Gasteiger partial charge in [-0.1, -0.05) is 24.3 Å². The molecule has 1 aliphatic heterocycles. The molecule has 1 spiro atoms. The summed E-state index contributed by atoms with van der Waals surface area (Å²) in [6.45, 7) is 5.56. The highest BCUT2D eigenvalue weighted by Crippen LogP contribution is 2.67. The molecule has 0 amide bonds. The highest BCUT2D eigenvalue weighted by Gasteiger charge is 2.72. The van der Waals surface area contributed by atoms with Crippen LogP contribution in [0.25, 0.3) is 0 Å². The first-order valence-electron chi connectivity index (χ1n) is 9.62. The lowest BCUT2D eigenvalue weighted by molar-refractivity contribution is -0.119. The van der Waals surface area contributed by atoms with Gasteiger partial charge in [-0.3, -0.25) is 9.59 Å². The molecule has 0 N–H and O–H groups in total. The minimum absolute atomic E-state index is 0.0894. The van der Waals surface area contributed by atoms with Crippen LogP contribution in [0.15, 0.2) is 47.8 Å². The molecule has 5 aliphatic rings. The van der Waals surface area contributed by atoms with Crippen molar-refractivity contribution in [3.8, 4) is 0 Å². The fourth-order valence-corrected chi connectivity index (χ4v) is 6.05. The number of ether oxygens (including phenoxy) is 2. The highest BCUT2D eigenvalue weighted by atomic mass is 16.6. The SMILES string of the molecule is C=C(C)OCC(=O)C1=CCC2C1CC1OC13C1C=CC(=O)C=C1CCC23. The molecule has 1 saturated heterocycles. The summed E-state index contributed by atoms with van der Waals surface area (Å²) in [6, 6.07) is 0. The van der Waals surface area contributed by atoms with Gasteiger partial charge >= 0.3 is 0 Å². The van der Waals surface area contributed by atoms with E-state index in [-0.39, 0.29) is 35.8 Å². The second-order valence-electron chi connectivity index (χ2n) is 8.38. The molecule has 26 heavy (non-hydrogen) atoms. The molecule has 3 fully saturated rings. The van der Waals surface area contributed by atoms with Crippen LogP contribution < -0.4 is 0 Å². The van der Waals surface area contributed by atoms with Gasteiger partial charge in [0.15, 0.2) is 18.2 Å². The normalized spacial score (nSPS) is 41.9. The van der Waals surface area contributed by atoms with E-state index in [1.807, 2.05) is 6.08 Å². The van der Waals surface area contributed by atoms with Crippen LogP contribution in [0.4, 0.5) is 0 Å². The predicted molar refractivity (Wildman–Crippen MR) is 96.1 cm³/mol. The average Bonchev–Trinajstić information content (AvgIpc) is 3.17. The van der Waals surface area contributed by atoms with Gasteiger partial charge in [0.1, 0.15) is 5.60 Å². The number of rotatable bonds is 4. The Morgan fingerprint density at radius 1 is 1.46 bits per heavy atom. The third kappa shape index (κ3) is 2.18. The zero-order valence-corrected chi connectivity index (χ0v) is 15.1. The van der Waals surface area contributed by atoms with Gasteiger partial charge in [0.25, 0.3) is 0 Å². The Labute approximate surface area is 153 Å². The minimum atomic E-state index is -0.122. The van der Waals surface area contributed by atoms with Crippen LogP contribution >= 0.6 is 0 Å². The van der Waals surface area contributed by atoms with Crippen LogP contribution in [0.3, 0.4) is 0 Å². The fourth-order valence-electron chi connectivity index (χ4n) is 6.05. The van der Waals surface area contributed by atoms with Crippen molar-refractivity contribution < 1.29 is 19.1 Å². The lowest BCUT2D eigenvalue weighted by Crippen LogP contribution is -2.48. The van der Waals surface area contributed by atoms with Crippen molar-refractivity contribution in [3.05, 3.63) is 47.8 Å². The summed E-state index contributed by atoms with van der Waals surface area (Å²) in [5, 5.41) is 0. The number of carbonyl (C=O) groups excluding carboxylic acids is 2. The van der Waals surface area contributed by atoms with Crippen LogP contribution in [-0.2, 0) is 19.1 Å². The van der Waals surface area contributed by atoms with Crippen LogP contribution in [-0.4, -0.2) is 29.9 Å². The van der Waals surface area contributed by atoms with Gasteiger partial charge in [-0.2, -0.15) is 0 Å². The third-order valence-corrected chi connectivity index (χ3v) is 7.06. The van der Waals surface area contributed by atoms with E-state index in [0.29, 0.717) is 23.5 Å². The Bertz CT molecular complexity index is 801. The van der Waals surface area contributed by atoms with Gasteiger partial charge in [0, 0.05) is 5.92 Å². The topological polar surface area (TPSA) is 55.9 Å². The van der Waals surface area contributed by atoms with Crippen molar-refractivity contribution in [2.24, 2.45) is 23.7 Å². The van der Waals surface area contributed by atoms with Gasteiger partial charge in [0.05, 0.1) is 11.9 Å². The van der Waals surface area contributed by atoms with Crippen LogP contribution in [0.1, 0.15) is 32.6 Å². The molecule has 0 aromatic carbocycles. The number of epoxide rings is 1. The summed E-state index contributed by atoms with van der Waals surface area (Å²) in [7, 11) is 0. The van der Waals surface area contributed by atoms with Gasteiger partial charge in [-0.25, -0.2) is 0 Å². The molecule has 4 nitrogen and oxygen atoms in total. The summed E-state index contributed by atoms with van der Waals surface area (Å²) in [5.41, 5.74) is 2.06. The Balaban J connectivity index is 1.38. The van der Waals surface area contributed by atoms with Crippen LogP contribution in [0, 0.1) is 23.7 Å². The summed E-state index contributed by atoms with van der Waals surface area (Å²) in [5.74, 6) is 2.25. The summed E-state index contributed by atoms with van der Waals surface area (Å²) >= 11 is 0. The summed E-state index contributed by atoms with van der Waals surface area (Å²) in [6.07, 6.45) is 11.8. The molecule has 0 aromatic heterocycles. The van der Waals surface area contributed by atoms with E-state index in [1.165, 1.54) is 5.57 Å². The molecule has 2 saturated carbocycles. The molecule has 0 bridgehead atoms. The number of fused-ring (bicyclic) bond motifs is 3. The van der Waals surface area contributed by atoms with E-state index in [2.05, 4.69) is 18.7 Å². The molecule has 4 heteroatoms. The molecule has 5 rings (SSSR count). The molecule has 0 aromatic rings. The van der Waals surface area contributed by atoms with Gasteiger partial charge in [-0.05, 0) is 68.1 Å². The minimum Gasteiger partial charge on any atom is -0.491 e. The molecular formula is C22H24O4. The van der Waals surface area contributed by atoms with E-state index in [4.69, 9.17) is 9.47 Å². The number of hydrogen-bond donors (Lipinski definition) is 0. The predicted octanol–water partition coefficient (Wildman–Crippen LogP) is 3.30. The monoisotopic (exact) mass is 352 g/mol. The standard InChI is InChI=1S/C22H24O4/c1-12(2)25-11-20(24)16-6-5-15-17(16)10-21-22(26-21)18-8-4-14(23)9-13(18)3-7-19(15)22/h4,6,8-9,15,17-19,21H,1,3,5,7,10-11H2,2H3. The smallest absolute Gasteiger partial charge is 0.196 e. The second-order valence-corrected chi connectivity index (χ2v) is 8.38. The maximum Gasteiger partial charge on any atom is 0.196 e. The molecule has 6 atom stereocenters. The van der Waals surface area contributed by atoms with Crippen molar-refractivity contribution in [1.82, 2.24) is 0 Å². The summed E-state index contributed by atoms with van der Waals surface area (Å²) < 4.78 is 11.7. The number of ketones is 2. The van der Waals surface area contributed by atoms with Crippen molar-refractivity contribution in [1.29, 1.82) is 0 Å². The van der Waals surface area contributed by atoms with E-state index >= 15 is 0 Å². The first-order chi connectivity index (χ1) is 12.5. The molecule has 6 unspecified atom stereocenters. The van der Waals surface area contributed by atoms with Gasteiger partial charge < -0.3 is 9.47 Å². The van der Waals surface area contributed by atoms with Gasteiger partial charge in [-0.15, -0.1) is 0 Å². The Morgan fingerprint density at radius 3 is 3.12 bits per heavy atom. The van der Waals surface area contributed by atoms with Crippen molar-refractivity contribution >= 4 is 11.6 Å². The second kappa shape index (κ2) is 5.53. The Morgan fingerprint density at radius 2 is 2.31 bits per heavy atom. The number of Topliss-reactive ketones (excluding diaryl/α,β-unsaturated/α-hetero) is 1. The molecule has 1 heterocycles. The Kier molecular flexibility index (Phi) is 3.45. The maximum atomic E-state index is 12.6. The van der Waals surface area contributed by atoms with Crippen molar-refractivity contribution in [2.45, 2.75) is 44.3 Å². The van der Waals surface area contributed by atoms with E-state index in [1.54, 1.807) is 13.0 Å². The first-order valence-corrected chi connectivity index (χ1v) is 9.62. The zero-order valence-electron chi connectivity index (χ0n) is 15.1.